The summed E-state index contributed by atoms with van der Waals surface area (Å²) >= 11 is 0. The summed E-state index contributed by atoms with van der Waals surface area (Å²) in [5.41, 5.74) is -0.686. The van der Waals surface area contributed by atoms with E-state index in [1.807, 2.05) is 32.8 Å². The number of rotatable bonds is 6. The first-order valence-electron chi connectivity index (χ1n) is 7.83. The Labute approximate surface area is 140 Å². The molecule has 1 aromatic carbocycles. The monoisotopic (exact) mass is 332 g/mol. The van der Waals surface area contributed by atoms with Crippen LogP contribution < -0.4 is 16.6 Å². The Hall–Kier alpha value is -2.41. The molecule has 0 aliphatic rings. The summed E-state index contributed by atoms with van der Waals surface area (Å²) in [4.78, 5) is 41.3. The summed E-state index contributed by atoms with van der Waals surface area (Å²) in [5, 5.41) is 3.19. The van der Waals surface area contributed by atoms with E-state index in [2.05, 4.69) is 10.3 Å². The lowest BCUT2D eigenvalue weighted by Crippen LogP contribution is -2.44. The summed E-state index contributed by atoms with van der Waals surface area (Å²) in [6.07, 6.45) is 0. The van der Waals surface area contributed by atoms with Crippen molar-refractivity contribution in [2.75, 3.05) is 27.2 Å². The Morgan fingerprint density at radius 2 is 1.92 bits per heavy atom. The van der Waals surface area contributed by atoms with Crippen LogP contribution in [-0.2, 0) is 11.3 Å². The Morgan fingerprint density at radius 3 is 2.58 bits per heavy atom. The average Bonchev–Trinajstić information content (AvgIpc) is 2.48. The second-order valence-electron chi connectivity index (χ2n) is 7.05. The van der Waals surface area contributed by atoms with Gasteiger partial charge in [0.1, 0.15) is 6.54 Å². The van der Waals surface area contributed by atoms with Gasteiger partial charge < -0.3 is 15.2 Å². The fourth-order valence-corrected chi connectivity index (χ4v) is 2.79. The van der Waals surface area contributed by atoms with Crippen molar-refractivity contribution in [1.29, 1.82) is 0 Å². The topological polar surface area (TPSA) is 87.2 Å². The van der Waals surface area contributed by atoms with Gasteiger partial charge in [-0.1, -0.05) is 26.0 Å². The van der Waals surface area contributed by atoms with Gasteiger partial charge in [0, 0.05) is 13.1 Å². The predicted octanol–water partition coefficient (Wildman–Crippen LogP) is 0.394. The van der Waals surface area contributed by atoms with Crippen molar-refractivity contribution >= 4 is 16.8 Å². The first-order valence-corrected chi connectivity index (χ1v) is 7.83. The highest BCUT2D eigenvalue weighted by atomic mass is 16.2. The number of amides is 1. The molecule has 0 atom stereocenters. The van der Waals surface area contributed by atoms with Crippen molar-refractivity contribution in [2.24, 2.45) is 5.41 Å². The summed E-state index contributed by atoms with van der Waals surface area (Å²) in [6, 6.07) is 6.74. The molecule has 1 heterocycles. The van der Waals surface area contributed by atoms with E-state index in [1.54, 1.807) is 24.3 Å². The van der Waals surface area contributed by atoms with Crippen molar-refractivity contribution in [3.63, 3.8) is 0 Å². The van der Waals surface area contributed by atoms with Gasteiger partial charge in [-0.15, -0.1) is 0 Å². The fraction of sp³-hybridized carbons (Fsp3) is 0.471. The number of benzene rings is 1. The molecule has 0 aliphatic carbocycles. The number of carbonyl (C=O) groups is 1. The second-order valence-corrected chi connectivity index (χ2v) is 7.05. The van der Waals surface area contributed by atoms with Gasteiger partial charge in [0.05, 0.1) is 10.9 Å². The van der Waals surface area contributed by atoms with Crippen LogP contribution in [0.4, 0.5) is 0 Å². The Balaban J connectivity index is 2.14. The molecule has 1 aromatic heterocycles. The van der Waals surface area contributed by atoms with Crippen LogP contribution in [0.15, 0.2) is 33.9 Å². The molecule has 2 aromatic rings. The highest BCUT2D eigenvalue weighted by Gasteiger charge is 2.20. The van der Waals surface area contributed by atoms with Crippen molar-refractivity contribution in [2.45, 2.75) is 20.4 Å². The van der Waals surface area contributed by atoms with E-state index in [4.69, 9.17) is 0 Å². The maximum Gasteiger partial charge on any atom is 0.329 e. The standard InChI is InChI=1S/C17H24N4O3/c1-17(2,11-20(3)4)10-18-14(22)9-21-15(23)12-7-5-6-8-13(12)19-16(21)24/h5-8H,9-11H2,1-4H3,(H,18,22)(H,19,24). The molecular weight excluding hydrogens is 308 g/mol. The Kier molecular flexibility index (Phi) is 5.23. The fourth-order valence-electron chi connectivity index (χ4n) is 2.79. The number of fused-ring (bicyclic) bond motifs is 1. The third-order valence-electron chi connectivity index (χ3n) is 3.70. The van der Waals surface area contributed by atoms with E-state index in [0.717, 1.165) is 11.1 Å². The molecule has 1 amide bonds. The van der Waals surface area contributed by atoms with Crippen LogP contribution in [0.1, 0.15) is 13.8 Å². The molecule has 0 saturated heterocycles. The number of aromatic amines is 1. The summed E-state index contributed by atoms with van der Waals surface area (Å²) in [6.45, 7) is 5.07. The molecular formula is C17H24N4O3. The number of hydrogen-bond donors (Lipinski definition) is 2. The summed E-state index contributed by atoms with van der Waals surface area (Å²) in [7, 11) is 3.94. The van der Waals surface area contributed by atoms with Gasteiger partial charge in [0.2, 0.25) is 5.91 Å². The van der Waals surface area contributed by atoms with Gasteiger partial charge in [-0.25, -0.2) is 4.79 Å². The van der Waals surface area contributed by atoms with Crippen molar-refractivity contribution in [3.8, 4) is 0 Å². The summed E-state index contributed by atoms with van der Waals surface area (Å²) < 4.78 is 0.927. The van der Waals surface area contributed by atoms with Crippen LogP contribution in [0.25, 0.3) is 10.9 Å². The zero-order valence-corrected chi connectivity index (χ0v) is 14.5. The minimum atomic E-state index is -0.582. The third-order valence-corrected chi connectivity index (χ3v) is 3.70. The molecule has 130 valence electrons. The van der Waals surface area contributed by atoms with Gasteiger partial charge in [-0.05, 0) is 31.6 Å². The van der Waals surface area contributed by atoms with Crippen molar-refractivity contribution in [3.05, 3.63) is 45.1 Å². The van der Waals surface area contributed by atoms with E-state index < -0.39 is 11.2 Å². The van der Waals surface area contributed by atoms with Gasteiger partial charge >= 0.3 is 5.69 Å². The first kappa shape index (κ1) is 17.9. The van der Waals surface area contributed by atoms with Gasteiger partial charge in [-0.2, -0.15) is 0 Å². The van der Waals surface area contributed by atoms with E-state index >= 15 is 0 Å². The first-order chi connectivity index (χ1) is 11.2. The molecule has 2 N–H and O–H groups in total. The van der Waals surface area contributed by atoms with E-state index in [9.17, 15) is 14.4 Å². The Morgan fingerprint density at radius 1 is 1.25 bits per heavy atom. The lowest BCUT2D eigenvalue weighted by molar-refractivity contribution is -0.122. The van der Waals surface area contributed by atoms with Crippen LogP contribution in [0.5, 0.6) is 0 Å². The molecule has 0 spiro atoms. The highest BCUT2D eigenvalue weighted by Crippen LogP contribution is 2.13. The van der Waals surface area contributed by atoms with Gasteiger partial charge in [0.25, 0.3) is 5.56 Å². The minimum absolute atomic E-state index is 0.111. The van der Waals surface area contributed by atoms with Crippen LogP contribution in [-0.4, -0.2) is 47.5 Å². The third kappa shape index (κ3) is 4.32. The maximum atomic E-state index is 12.4. The van der Waals surface area contributed by atoms with Crippen LogP contribution in [0, 0.1) is 5.41 Å². The number of nitrogens with zero attached hydrogens (tertiary/aromatic N) is 2. The molecule has 24 heavy (non-hydrogen) atoms. The lowest BCUT2D eigenvalue weighted by atomic mass is 9.93. The molecule has 0 radical (unpaired) electrons. The van der Waals surface area contributed by atoms with E-state index in [0.29, 0.717) is 17.4 Å². The van der Waals surface area contributed by atoms with E-state index in [-0.39, 0.29) is 17.9 Å². The number of para-hydroxylation sites is 1. The van der Waals surface area contributed by atoms with Gasteiger partial charge in [-0.3, -0.25) is 14.2 Å². The molecule has 0 saturated carbocycles. The normalized spacial score (nSPS) is 11.9. The zero-order chi connectivity index (χ0) is 17.9. The maximum absolute atomic E-state index is 12.4. The van der Waals surface area contributed by atoms with Gasteiger partial charge in [0.15, 0.2) is 0 Å². The number of hydrogen-bond acceptors (Lipinski definition) is 4. The minimum Gasteiger partial charge on any atom is -0.354 e. The molecule has 0 fully saturated rings. The average molecular weight is 332 g/mol. The Bertz CT molecular complexity index is 849. The molecule has 0 aliphatic heterocycles. The number of carbonyl (C=O) groups excluding carboxylic acids is 1. The zero-order valence-electron chi connectivity index (χ0n) is 14.5. The molecule has 0 unspecified atom stereocenters. The van der Waals surface area contributed by atoms with Crippen LogP contribution >= 0.6 is 0 Å². The predicted molar refractivity (Wildman–Crippen MR) is 94.2 cm³/mol. The smallest absolute Gasteiger partial charge is 0.329 e. The molecule has 0 bridgehead atoms. The van der Waals surface area contributed by atoms with Crippen LogP contribution in [0.2, 0.25) is 0 Å². The quantitative estimate of drug-likeness (QED) is 0.801. The highest BCUT2D eigenvalue weighted by molar-refractivity contribution is 5.78. The number of aromatic nitrogens is 2. The van der Waals surface area contributed by atoms with Crippen LogP contribution in [0.3, 0.4) is 0 Å². The summed E-state index contributed by atoms with van der Waals surface area (Å²) in [5.74, 6) is -0.357. The molecule has 7 heteroatoms. The van der Waals surface area contributed by atoms with E-state index in [1.165, 1.54) is 0 Å². The lowest BCUT2D eigenvalue weighted by Gasteiger charge is -2.28. The van der Waals surface area contributed by atoms with Crippen molar-refractivity contribution in [1.82, 2.24) is 19.8 Å². The molecule has 2 rings (SSSR count). The number of H-pyrrole nitrogens is 1. The number of nitrogens with one attached hydrogen (secondary N) is 2. The van der Waals surface area contributed by atoms with Crippen molar-refractivity contribution < 1.29 is 4.79 Å². The largest absolute Gasteiger partial charge is 0.354 e. The molecule has 7 nitrogen and oxygen atoms in total. The SMILES string of the molecule is CN(C)CC(C)(C)CNC(=O)Cn1c(=O)[nH]c2ccccc2c1=O. The second kappa shape index (κ2) is 7.00.